The molecule has 2 aromatic heterocycles. The van der Waals surface area contributed by atoms with Crippen molar-refractivity contribution in [3.8, 4) is 0 Å². The lowest BCUT2D eigenvalue weighted by Gasteiger charge is -2.13. The zero-order valence-electron chi connectivity index (χ0n) is 10.8. The highest BCUT2D eigenvalue weighted by atomic mass is 32.2. The van der Waals surface area contributed by atoms with E-state index in [0.717, 1.165) is 28.5 Å². The van der Waals surface area contributed by atoms with E-state index in [0.29, 0.717) is 18.9 Å². The van der Waals surface area contributed by atoms with Gasteiger partial charge in [-0.3, -0.25) is 14.5 Å². The van der Waals surface area contributed by atoms with Gasteiger partial charge >= 0.3 is 0 Å². The number of aromatic amines is 1. The lowest BCUT2D eigenvalue weighted by molar-refractivity contribution is -0.124. The van der Waals surface area contributed by atoms with Crippen LogP contribution in [0.5, 0.6) is 0 Å². The monoisotopic (exact) mass is 291 g/mol. The van der Waals surface area contributed by atoms with Gasteiger partial charge in [-0.25, -0.2) is 9.97 Å². The van der Waals surface area contributed by atoms with Crippen molar-refractivity contribution in [3.63, 3.8) is 0 Å². The highest BCUT2D eigenvalue weighted by Crippen LogP contribution is 2.20. The molecule has 0 unspecified atom stereocenters. The van der Waals surface area contributed by atoms with E-state index in [2.05, 4.69) is 20.3 Å². The number of imide groups is 1. The van der Waals surface area contributed by atoms with Crippen molar-refractivity contribution in [1.29, 1.82) is 0 Å². The smallest absolute Gasteiger partial charge is 0.288 e. The maximum atomic E-state index is 11.5. The van der Waals surface area contributed by atoms with Gasteiger partial charge in [0, 0.05) is 18.8 Å². The predicted molar refractivity (Wildman–Crippen MR) is 76.7 cm³/mol. The molecule has 1 saturated heterocycles. The van der Waals surface area contributed by atoms with Gasteiger partial charge in [0.25, 0.3) is 5.24 Å². The summed E-state index contributed by atoms with van der Waals surface area (Å²) in [5.74, 6) is 0.811. The summed E-state index contributed by atoms with van der Waals surface area (Å²) in [4.78, 5) is 35.6. The molecule has 8 heteroatoms. The molecule has 0 aliphatic carbocycles. The maximum absolute atomic E-state index is 11.5. The van der Waals surface area contributed by atoms with Gasteiger partial charge in [-0.05, 0) is 13.0 Å². The third-order valence-corrected chi connectivity index (χ3v) is 3.89. The number of anilines is 1. The molecular formula is C12H13N5O2S. The van der Waals surface area contributed by atoms with Gasteiger partial charge in [-0.2, -0.15) is 0 Å². The van der Waals surface area contributed by atoms with Gasteiger partial charge in [0.05, 0.1) is 11.1 Å². The lowest BCUT2D eigenvalue weighted by atomic mass is 10.3. The Bertz CT molecular complexity index is 668. The molecule has 0 atom stereocenters. The quantitative estimate of drug-likeness (QED) is 0.884. The van der Waals surface area contributed by atoms with E-state index < -0.39 is 0 Å². The van der Waals surface area contributed by atoms with Gasteiger partial charge in [0.15, 0.2) is 0 Å². The highest BCUT2D eigenvalue weighted by Gasteiger charge is 2.29. The third kappa shape index (κ3) is 2.34. The van der Waals surface area contributed by atoms with Crippen molar-refractivity contribution >= 4 is 39.8 Å². The van der Waals surface area contributed by atoms with E-state index in [1.165, 1.54) is 11.2 Å². The molecule has 3 heterocycles. The summed E-state index contributed by atoms with van der Waals surface area (Å²) in [5.41, 5.74) is 1.77. The number of nitrogens with zero attached hydrogens (tertiary/aromatic N) is 3. The second-order valence-electron chi connectivity index (χ2n) is 4.46. The first kappa shape index (κ1) is 12.9. The van der Waals surface area contributed by atoms with E-state index in [1.807, 2.05) is 13.0 Å². The number of H-pyrrole nitrogens is 1. The molecule has 2 amide bonds. The molecule has 1 aliphatic heterocycles. The molecule has 3 rings (SSSR count). The van der Waals surface area contributed by atoms with Gasteiger partial charge in [0.1, 0.15) is 17.8 Å². The number of hydrogen-bond acceptors (Lipinski definition) is 6. The minimum atomic E-state index is -0.179. The standard InChI is InChI=1S/C12H13N5O2S/c1-7-4-8-10(14-6-15-11(8)16-7)13-2-3-17-9(18)5-20-12(17)19/h4,6H,2-3,5H2,1H3,(H2,13,14,15,16). The topological polar surface area (TPSA) is 91.0 Å². The molecule has 0 aromatic carbocycles. The first-order valence-corrected chi connectivity index (χ1v) is 7.15. The highest BCUT2D eigenvalue weighted by molar-refractivity contribution is 8.14. The van der Waals surface area contributed by atoms with Gasteiger partial charge in [0.2, 0.25) is 5.91 Å². The molecule has 1 fully saturated rings. The first-order valence-electron chi connectivity index (χ1n) is 6.16. The minimum Gasteiger partial charge on any atom is -0.368 e. The number of amides is 2. The van der Waals surface area contributed by atoms with Crippen LogP contribution in [0.3, 0.4) is 0 Å². The molecule has 2 aromatic rings. The van der Waals surface area contributed by atoms with E-state index >= 15 is 0 Å². The van der Waals surface area contributed by atoms with Crippen LogP contribution in [0.15, 0.2) is 12.4 Å². The van der Waals surface area contributed by atoms with Crippen LogP contribution in [0.1, 0.15) is 5.69 Å². The fraction of sp³-hybridized carbons (Fsp3) is 0.333. The molecule has 20 heavy (non-hydrogen) atoms. The second-order valence-corrected chi connectivity index (χ2v) is 5.39. The summed E-state index contributed by atoms with van der Waals surface area (Å²) in [7, 11) is 0. The average Bonchev–Trinajstić information content (AvgIpc) is 2.94. The number of fused-ring (bicyclic) bond motifs is 1. The number of nitrogens with one attached hydrogen (secondary N) is 2. The van der Waals surface area contributed by atoms with Crippen LogP contribution in [0.25, 0.3) is 11.0 Å². The van der Waals surface area contributed by atoms with Crippen LogP contribution in [0, 0.1) is 6.92 Å². The number of thioether (sulfide) groups is 1. The fourth-order valence-electron chi connectivity index (χ4n) is 2.10. The summed E-state index contributed by atoms with van der Waals surface area (Å²) in [6.45, 7) is 2.76. The van der Waals surface area contributed by atoms with Crippen LogP contribution in [0.4, 0.5) is 10.6 Å². The summed E-state index contributed by atoms with van der Waals surface area (Å²) < 4.78 is 0. The van der Waals surface area contributed by atoms with Crippen LogP contribution < -0.4 is 5.32 Å². The molecule has 7 nitrogen and oxygen atoms in total. The van der Waals surface area contributed by atoms with Gasteiger partial charge in [-0.15, -0.1) is 0 Å². The van der Waals surface area contributed by atoms with Crippen molar-refractivity contribution in [2.75, 3.05) is 24.2 Å². The number of aryl methyl sites for hydroxylation is 1. The molecular weight excluding hydrogens is 278 g/mol. The van der Waals surface area contributed by atoms with Gasteiger partial charge < -0.3 is 10.3 Å². The number of carbonyl (C=O) groups excluding carboxylic acids is 2. The van der Waals surface area contributed by atoms with E-state index in [4.69, 9.17) is 0 Å². The SMILES string of the molecule is Cc1cc2c(NCCN3C(=O)CSC3=O)ncnc2[nH]1. The van der Waals surface area contributed by atoms with Crippen LogP contribution in [-0.2, 0) is 4.79 Å². The van der Waals surface area contributed by atoms with Crippen LogP contribution in [0.2, 0.25) is 0 Å². The molecule has 104 valence electrons. The van der Waals surface area contributed by atoms with Crippen molar-refractivity contribution < 1.29 is 9.59 Å². The zero-order chi connectivity index (χ0) is 14.1. The number of rotatable bonds is 4. The fourth-order valence-corrected chi connectivity index (χ4v) is 2.85. The molecule has 0 spiro atoms. The Morgan fingerprint density at radius 3 is 3.05 bits per heavy atom. The van der Waals surface area contributed by atoms with Crippen LogP contribution >= 0.6 is 11.8 Å². The summed E-state index contributed by atoms with van der Waals surface area (Å²) >= 11 is 1.04. The molecule has 0 radical (unpaired) electrons. The lowest BCUT2D eigenvalue weighted by Crippen LogP contribution is -2.33. The molecule has 0 bridgehead atoms. The zero-order valence-corrected chi connectivity index (χ0v) is 11.7. The first-order chi connectivity index (χ1) is 9.65. The normalized spacial score (nSPS) is 15.3. The minimum absolute atomic E-state index is 0.132. The Labute approximate surface area is 119 Å². The molecule has 1 aliphatic rings. The van der Waals surface area contributed by atoms with E-state index in [9.17, 15) is 9.59 Å². The Balaban J connectivity index is 1.68. The van der Waals surface area contributed by atoms with Crippen molar-refractivity contribution in [2.24, 2.45) is 0 Å². The van der Waals surface area contributed by atoms with Crippen molar-refractivity contribution in [1.82, 2.24) is 19.9 Å². The summed E-state index contributed by atoms with van der Waals surface area (Å²) in [6.07, 6.45) is 1.47. The Hall–Kier alpha value is -2.09. The van der Waals surface area contributed by atoms with E-state index in [1.54, 1.807) is 0 Å². The number of hydrogen-bond donors (Lipinski definition) is 2. The Kier molecular flexibility index (Phi) is 3.31. The summed E-state index contributed by atoms with van der Waals surface area (Å²) in [6, 6.07) is 1.96. The number of aromatic nitrogens is 3. The maximum Gasteiger partial charge on any atom is 0.288 e. The Morgan fingerprint density at radius 1 is 1.45 bits per heavy atom. The average molecular weight is 291 g/mol. The van der Waals surface area contributed by atoms with E-state index in [-0.39, 0.29) is 16.9 Å². The Morgan fingerprint density at radius 2 is 2.30 bits per heavy atom. The molecule has 2 N–H and O–H groups in total. The predicted octanol–water partition coefficient (Wildman–Crippen LogP) is 1.37. The summed E-state index contributed by atoms with van der Waals surface area (Å²) in [5, 5.41) is 3.87. The second kappa shape index (κ2) is 5.12. The van der Waals surface area contributed by atoms with Crippen molar-refractivity contribution in [3.05, 3.63) is 18.1 Å². The molecule has 0 saturated carbocycles. The van der Waals surface area contributed by atoms with Gasteiger partial charge in [-0.1, -0.05) is 11.8 Å². The largest absolute Gasteiger partial charge is 0.368 e. The van der Waals surface area contributed by atoms with Crippen LogP contribution in [-0.4, -0.2) is 49.8 Å². The van der Waals surface area contributed by atoms with Crippen molar-refractivity contribution in [2.45, 2.75) is 6.92 Å². The number of carbonyl (C=O) groups is 2. The third-order valence-electron chi connectivity index (χ3n) is 3.03.